The van der Waals surface area contributed by atoms with Crippen molar-refractivity contribution in [3.05, 3.63) is 184 Å². The molecule has 0 aliphatic carbocycles. The third-order valence-corrected chi connectivity index (χ3v) is 20.0. The summed E-state index contributed by atoms with van der Waals surface area (Å²) < 4.78 is 26.3. The first-order valence-corrected chi connectivity index (χ1v) is 28.9. The average Bonchev–Trinajstić information content (AvgIpc) is 2.44. The van der Waals surface area contributed by atoms with E-state index in [1.807, 2.05) is 22.7 Å². The van der Waals surface area contributed by atoms with Gasteiger partial charge in [0.15, 0.2) is 0 Å². The summed E-state index contributed by atoms with van der Waals surface area (Å²) in [7, 11) is 0. The predicted molar refractivity (Wildman–Crippen MR) is 332 cm³/mol. The molecule has 0 spiro atoms. The van der Waals surface area contributed by atoms with Crippen LogP contribution in [0.2, 0.25) is 0 Å². The molecule has 6 nitrogen and oxygen atoms in total. The highest BCUT2D eigenvalue weighted by Crippen LogP contribution is 2.51. The van der Waals surface area contributed by atoms with E-state index < -0.39 is 0 Å². The van der Waals surface area contributed by atoms with Gasteiger partial charge in [0.25, 0.3) is 20.1 Å². The van der Waals surface area contributed by atoms with E-state index in [4.69, 9.17) is 14.2 Å². The number of thiophene rings is 2. The minimum absolute atomic E-state index is 0.0465. The third-order valence-electron chi connectivity index (χ3n) is 17.6. The first-order chi connectivity index (χ1) is 37.8. The van der Waals surface area contributed by atoms with Gasteiger partial charge in [0.2, 0.25) is 0 Å². The fourth-order valence-corrected chi connectivity index (χ4v) is 17.4. The van der Waals surface area contributed by atoms with E-state index in [0.29, 0.717) is 0 Å². The Morgan fingerprint density at radius 2 is 0.833 bits per heavy atom. The molecule has 17 rings (SSSR count). The lowest BCUT2D eigenvalue weighted by Gasteiger charge is -2.46. The van der Waals surface area contributed by atoms with Crippen LogP contribution in [0, 0.1) is 62.3 Å². The fourth-order valence-electron chi connectivity index (χ4n) is 14.9. The molecule has 0 radical (unpaired) electrons. The highest BCUT2D eigenvalue weighted by molar-refractivity contribution is 7.34. The van der Waals surface area contributed by atoms with Crippen LogP contribution in [0.25, 0.3) is 20.2 Å². The number of nitrogens with one attached hydrogen (secondary N) is 1. The van der Waals surface area contributed by atoms with Crippen molar-refractivity contribution >= 4 is 156 Å². The zero-order chi connectivity index (χ0) is 52.5. The molecule has 1 N–H and O–H groups in total. The molecule has 0 atom stereocenters. The summed E-state index contributed by atoms with van der Waals surface area (Å²) in [5.41, 5.74) is 28.9. The van der Waals surface area contributed by atoms with Crippen molar-refractivity contribution in [2.24, 2.45) is 0 Å². The lowest BCUT2D eigenvalue weighted by atomic mass is 9.30. The molecule has 6 aliphatic rings. The second-order valence-electron chi connectivity index (χ2n) is 23.0. The Bertz CT molecular complexity index is 4300. The topological polar surface area (TPSA) is 46.2 Å². The smallest absolute Gasteiger partial charge is 0.273 e. The maximum atomic E-state index is 7.31. The van der Waals surface area contributed by atoms with Gasteiger partial charge in [-0.25, -0.2) is 0 Å². The van der Waals surface area contributed by atoms with E-state index in [2.05, 4.69) is 211 Å². The zero-order valence-electron chi connectivity index (χ0n) is 44.9. The monoisotopic (exact) mass is 1040 g/mol. The summed E-state index contributed by atoms with van der Waals surface area (Å²) in [4.78, 5) is 5.23. The Morgan fingerprint density at radius 1 is 0.372 bits per heavy atom. The quantitative estimate of drug-likeness (QED) is 0.174. The molecule has 11 heteroatoms. The van der Waals surface area contributed by atoms with Gasteiger partial charge in [-0.15, -0.1) is 22.7 Å². The van der Waals surface area contributed by atoms with Crippen LogP contribution in [0.1, 0.15) is 50.1 Å². The first kappa shape index (κ1) is 45.0. The van der Waals surface area contributed by atoms with Crippen molar-refractivity contribution in [3.8, 4) is 34.5 Å². The predicted octanol–water partition coefficient (Wildman–Crippen LogP) is 12.4. The van der Waals surface area contributed by atoms with E-state index in [1.54, 1.807) is 0 Å². The molecular formula is C67H50B3N3O3S2. The van der Waals surface area contributed by atoms with Crippen LogP contribution >= 0.6 is 22.7 Å². The number of benzene rings is 9. The summed E-state index contributed by atoms with van der Waals surface area (Å²) in [5.74, 6) is 5.49. The molecule has 0 amide bonds. The van der Waals surface area contributed by atoms with Crippen molar-refractivity contribution in [1.29, 1.82) is 0 Å². The van der Waals surface area contributed by atoms with Gasteiger partial charge in [0.05, 0.1) is 11.4 Å². The number of rotatable bonds is 2. The molecule has 6 aliphatic heterocycles. The molecule has 372 valence electrons. The van der Waals surface area contributed by atoms with E-state index in [-0.39, 0.29) is 20.1 Å². The molecule has 0 fully saturated rings. The Hall–Kier alpha value is -8.11. The van der Waals surface area contributed by atoms with Crippen molar-refractivity contribution in [2.45, 2.75) is 62.3 Å². The molecule has 2 aromatic heterocycles. The van der Waals surface area contributed by atoms with Gasteiger partial charge in [-0.1, -0.05) is 71.8 Å². The lowest BCUT2D eigenvalue weighted by molar-refractivity contribution is 0.467. The molecule has 0 saturated carbocycles. The van der Waals surface area contributed by atoms with Crippen LogP contribution in [0.15, 0.2) is 133 Å². The fraction of sp³-hybridized carbons (Fsp3) is 0.134. The Kier molecular flexibility index (Phi) is 8.97. The van der Waals surface area contributed by atoms with Crippen LogP contribution in [-0.4, -0.2) is 20.1 Å². The van der Waals surface area contributed by atoms with Gasteiger partial charge >= 0.3 is 0 Å². The standard InChI is InChI=1S/C67H50B3N3O3S2/c1-32-18-37(6)62(38(7)19-32)72-49-30-47-43(69-59-48(71-47)22-34(3)25-54(59)75-64-41-14-10-12-16-57(41)77-66(64)69)28-44(49)68-45-29-46-53(31-50(45)73(52-24-35(4)23-51(72)60(52)68)63-39(8)20-33(2)21-40(63)9)74-55-26-36(5)27-56-61(55)70(46)67-65(76-56)42-15-11-13-17-58(42)78-67/h10-31,71H,1-9H3. The molecule has 9 aromatic carbocycles. The first-order valence-electron chi connectivity index (χ1n) is 27.2. The largest absolute Gasteiger partial charge is 0.458 e. The Labute approximate surface area is 463 Å². The Morgan fingerprint density at radius 3 is 1.41 bits per heavy atom. The summed E-state index contributed by atoms with van der Waals surface area (Å²) in [6.45, 7) is 19.9. The summed E-state index contributed by atoms with van der Waals surface area (Å²) >= 11 is 3.72. The molecule has 8 heterocycles. The van der Waals surface area contributed by atoms with Gasteiger partial charge in [-0.05, 0) is 201 Å². The number of hydrogen-bond donors (Lipinski definition) is 1. The normalized spacial score (nSPS) is 14.2. The van der Waals surface area contributed by atoms with Gasteiger partial charge in [-0.3, -0.25) is 0 Å². The molecule has 78 heavy (non-hydrogen) atoms. The van der Waals surface area contributed by atoms with E-state index in [0.717, 1.165) is 73.5 Å². The number of aryl methyl sites for hydroxylation is 9. The van der Waals surface area contributed by atoms with E-state index >= 15 is 0 Å². The van der Waals surface area contributed by atoms with Gasteiger partial charge in [-0.2, -0.15) is 0 Å². The van der Waals surface area contributed by atoms with Crippen LogP contribution in [0.3, 0.4) is 0 Å². The van der Waals surface area contributed by atoms with Crippen molar-refractivity contribution < 1.29 is 14.2 Å². The molecule has 0 saturated heterocycles. The third kappa shape index (κ3) is 5.95. The number of hydrogen-bond acceptors (Lipinski definition) is 8. The molecule has 0 bridgehead atoms. The number of nitrogens with zero attached hydrogens (tertiary/aromatic N) is 2. The number of fused-ring (bicyclic) bond motifs is 16. The second-order valence-corrected chi connectivity index (χ2v) is 25.2. The van der Waals surface area contributed by atoms with Crippen molar-refractivity contribution in [2.75, 3.05) is 15.1 Å². The van der Waals surface area contributed by atoms with E-state index in [1.165, 1.54) is 124 Å². The summed E-state index contributed by atoms with van der Waals surface area (Å²) in [5, 5.41) is 6.38. The SMILES string of the molecule is Cc1cc(C)c(N2c3cc4c(cc3B3c5cc6c(cc5N(c5c(C)cc(C)cc5C)c5cc(C)cc2c53)Oc2cc(C)cc3c2B6c2sc5ccccc5c2O3)B2c3sc5ccccc5c3Oc3cc(C)cc(c32)N4)c(C)c1. The van der Waals surface area contributed by atoms with Crippen LogP contribution in [0.5, 0.6) is 34.5 Å². The average molecular weight is 1040 g/mol. The van der Waals surface area contributed by atoms with Crippen molar-refractivity contribution in [1.82, 2.24) is 0 Å². The molecule has 11 aromatic rings. The summed E-state index contributed by atoms with van der Waals surface area (Å²) in [6.07, 6.45) is 0. The maximum absolute atomic E-state index is 7.31. The Balaban J connectivity index is 1.00. The maximum Gasteiger partial charge on any atom is 0.273 e. The van der Waals surface area contributed by atoms with Gasteiger partial charge in [0, 0.05) is 75.4 Å². The summed E-state index contributed by atoms with van der Waals surface area (Å²) in [6, 6.07) is 50.8. The molecule has 0 unspecified atom stereocenters. The van der Waals surface area contributed by atoms with Crippen LogP contribution < -0.4 is 77.1 Å². The zero-order valence-corrected chi connectivity index (χ0v) is 46.5. The van der Waals surface area contributed by atoms with Gasteiger partial charge in [0.1, 0.15) is 34.5 Å². The lowest BCUT2D eigenvalue weighted by Crippen LogP contribution is -2.65. The molecular weight excluding hydrogens is 991 g/mol. The highest BCUT2D eigenvalue weighted by atomic mass is 32.1. The van der Waals surface area contributed by atoms with Gasteiger partial charge < -0.3 is 29.3 Å². The minimum atomic E-state index is -0.165. The van der Waals surface area contributed by atoms with Crippen LogP contribution in [0.4, 0.5) is 45.5 Å². The van der Waals surface area contributed by atoms with Crippen LogP contribution in [-0.2, 0) is 0 Å². The number of anilines is 8. The second kappa shape index (κ2) is 15.6. The number of ether oxygens (including phenoxy) is 3. The highest BCUT2D eigenvalue weighted by Gasteiger charge is 2.50. The van der Waals surface area contributed by atoms with E-state index in [9.17, 15) is 0 Å². The minimum Gasteiger partial charge on any atom is -0.458 e. The van der Waals surface area contributed by atoms with Crippen molar-refractivity contribution in [3.63, 3.8) is 0 Å².